The van der Waals surface area contributed by atoms with Crippen molar-refractivity contribution in [1.82, 2.24) is 10.2 Å². The number of hydrogen-bond acceptors (Lipinski definition) is 2. The number of likely N-dealkylation sites (tertiary alicyclic amines) is 1. The van der Waals surface area contributed by atoms with Crippen molar-refractivity contribution in [2.24, 2.45) is 0 Å². The van der Waals surface area contributed by atoms with E-state index in [9.17, 15) is 14.0 Å². The quantitative estimate of drug-likeness (QED) is 0.798. The number of carbonyl (C=O) groups is 2. The Morgan fingerprint density at radius 3 is 2.39 bits per heavy atom. The predicted octanol–water partition coefficient (Wildman–Crippen LogP) is 1.06. The lowest BCUT2D eigenvalue weighted by Gasteiger charge is -2.14. The highest BCUT2D eigenvalue weighted by Crippen LogP contribution is 2.07. The molecule has 4 nitrogen and oxygen atoms in total. The molecule has 1 saturated heterocycles. The lowest BCUT2D eigenvalue weighted by Crippen LogP contribution is -2.41. The molecule has 0 saturated carbocycles. The summed E-state index contributed by atoms with van der Waals surface area (Å²) >= 11 is 0. The summed E-state index contributed by atoms with van der Waals surface area (Å²) in [5.41, 5.74) is 0.763. The molecule has 0 aromatic heterocycles. The molecule has 5 heteroatoms. The Hall–Kier alpha value is -1.91. The van der Waals surface area contributed by atoms with E-state index in [4.69, 9.17) is 0 Å². The molecule has 1 aromatic rings. The van der Waals surface area contributed by atoms with E-state index in [0.29, 0.717) is 13.1 Å². The number of amides is 2. The van der Waals surface area contributed by atoms with Crippen LogP contribution in [0.1, 0.15) is 18.4 Å². The average molecular weight is 250 g/mol. The molecule has 0 spiro atoms. The molecule has 1 N–H and O–H groups in total. The van der Waals surface area contributed by atoms with E-state index in [1.807, 2.05) is 0 Å². The Bertz CT molecular complexity index is 439. The summed E-state index contributed by atoms with van der Waals surface area (Å²) in [5.74, 6) is -1.39. The van der Waals surface area contributed by atoms with E-state index in [2.05, 4.69) is 5.32 Å². The van der Waals surface area contributed by atoms with Gasteiger partial charge in [-0.3, -0.25) is 9.59 Å². The second-order valence-corrected chi connectivity index (χ2v) is 4.31. The van der Waals surface area contributed by atoms with E-state index in [0.717, 1.165) is 18.4 Å². The summed E-state index contributed by atoms with van der Waals surface area (Å²) in [6.45, 7) is 1.55. The van der Waals surface area contributed by atoms with Crippen LogP contribution in [-0.4, -0.2) is 29.8 Å². The maximum atomic E-state index is 12.7. The normalized spacial score (nSPS) is 14.6. The van der Waals surface area contributed by atoms with Crippen molar-refractivity contribution in [1.29, 1.82) is 0 Å². The Morgan fingerprint density at radius 1 is 1.17 bits per heavy atom. The first kappa shape index (κ1) is 12.5. The first-order chi connectivity index (χ1) is 8.66. The van der Waals surface area contributed by atoms with Gasteiger partial charge in [0, 0.05) is 19.6 Å². The van der Waals surface area contributed by atoms with Crippen LogP contribution in [0.4, 0.5) is 4.39 Å². The molecule has 1 aliphatic heterocycles. The number of hydrogen-bond donors (Lipinski definition) is 1. The van der Waals surface area contributed by atoms with Crippen molar-refractivity contribution in [3.05, 3.63) is 35.6 Å². The minimum atomic E-state index is -0.596. The predicted molar refractivity (Wildman–Crippen MR) is 64.1 cm³/mol. The first-order valence-electron chi connectivity index (χ1n) is 5.98. The highest BCUT2D eigenvalue weighted by molar-refractivity contribution is 6.35. The van der Waals surface area contributed by atoms with E-state index < -0.39 is 11.8 Å². The zero-order valence-electron chi connectivity index (χ0n) is 9.99. The third-order valence-corrected chi connectivity index (χ3v) is 2.95. The first-order valence-corrected chi connectivity index (χ1v) is 5.98. The zero-order valence-corrected chi connectivity index (χ0v) is 9.99. The van der Waals surface area contributed by atoms with Gasteiger partial charge in [-0.15, -0.1) is 0 Å². The summed E-state index contributed by atoms with van der Waals surface area (Å²) in [6.07, 6.45) is 1.91. The van der Waals surface area contributed by atoms with E-state index in [-0.39, 0.29) is 12.4 Å². The molecular weight excluding hydrogens is 235 g/mol. The van der Waals surface area contributed by atoms with Crippen molar-refractivity contribution in [3.8, 4) is 0 Å². The van der Waals surface area contributed by atoms with Gasteiger partial charge in [-0.25, -0.2) is 4.39 Å². The summed E-state index contributed by atoms with van der Waals surface area (Å²) in [7, 11) is 0. The van der Waals surface area contributed by atoms with Gasteiger partial charge in [-0.05, 0) is 30.5 Å². The maximum absolute atomic E-state index is 12.7. The maximum Gasteiger partial charge on any atom is 0.311 e. The molecule has 0 unspecified atom stereocenters. The molecule has 0 aliphatic carbocycles. The number of nitrogens with zero attached hydrogens (tertiary/aromatic N) is 1. The molecule has 1 aliphatic rings. The lowest BCUT2D eigenvalue weighted by molar-refractivity contribution is -0.145. The van der Waals surface area contributed by atoms with Gasteiger partial charge in [0.2, 0.25) is 0 Å². The molecule has 0 atom stereocenters. The van der Waals surface area contributed by atoms with Gasteiger partial charge in [-0.1, -0.05) is 12.1 Å². The van der Waals surface area contributed by atoms with Crippen molar-refractivity contribution >= 4 is 11.8 Å². The number of carbonyl (C=O) groups excluding carboxylic acids is 2. The molecular formula is C13H15FN2O2. The van der Waals surface area contributed by atoms with Crippen LogP contribution in [0.2, 0.25) is 0 Å². The van der Waals surface area contributed by atoms with Crippen LogP contribution in [0.3, 0.4) is 0 Å². The van der Waals surface area contributed by atoms with Gasteiger partial charge in [0.1, 0.15) is 5.82 Å². The van der Waals surface area contributed by atoms with E-state index in [1.165, 1.54) is 12.1 Å². The molecule has 2 amide bonds. The van der Waals surface area contributed by atoms with Crippen molar-refractivity contribution < 1.29 is 14.0 Å². The van der Waals surface area contributed by atoms with Crippen LogP contribution in [0, 0.1) is 5.82 Å². The van der Waals surface area contributed by atoms with Crippen LogP contribution in [-0.2, 0) is 16.1 Å². The average Bonchev–Trinajstić information content (AvgIpc) is 2.90. The fourth-order valence-electron chi connectivity index (χ4n) is 1.92. The van der Waals surface area contributed by atoms with Gasteiger partial charge in [0.25, 0.3) is 0 Å². The number of benzene rings is 1. The van der Waals surface area contributed by atoms with E-state index >= 15 is 0 Å². The molecule has 0 radical (unpaired) electrons. The summed E-state index contributed by atoms with van der Waals surface area (Å²) in [5, 5.41) is 2.54. The summed E-state index contributed by atoms with van der Waals surface area (Å²) in [4.78, 5) is 24.8. The Kier molecular flexibility index (Phi) is 3.92. The second-order valence-electron chi connectivity index (χ2n) is 4.31. The number of rotatable bonds is 2. The summed E-state index contributed by atoms with van der Waals surface area (Å²) in [6, 6.07) is 5.81. The van der Waals surface area contributed by atoms with Gasteiger partial charge in [-0.2, -0.15) is 0 Å². The molecule has 0 bridgehead atoms. The molecule has 1 fully saturated rings. The highest BCUT2D eigenvalue weighted by Gasteiger charge is 2.23. The van der Waals surface area contributed by atoms with Crippen LogP contribution in [0.5, 0.6) is 0 Å². The minimum absolute atomic E-state index is 0.235. The van der Waals surface area contributed by atoms with Crippen LogP contribution < -0.4 is 5.32 Å². The second kappa shape index (κ2) is 5.62. The summed E-state index contributed by atoms with van der Waals surface area (Å²) < 4.78 is 12.7. The number of nitrogens with one attached hydrogen (secondary N) is 1. The van der Waals surface area contributed by atoms with Crippen LogP contribution in [0.15, 0.2) is 24.3 Å². The lowest BCUT2D eigenvalue weighted by atomic mass is 10.2. The van der Waals surface area contributed by atoms with Crippen molar-refractivity contribution in [2.75, 3.05) is 13.1 Å². The van der Waals surface area contributed by atoms with Gasteiger partial charge in [0.15, 0.2) is 0 Å². The monoisotopic (exact) mass is 250 g/mol. The van der Waals surface area contributed by atoms with Crippen molar-refractivity contribution in [3.63, 3.8) is 0 Å². The Balaban J connectivity index is 1.84. The largest absolute Gasteiger partial charge is 0.344 e. The minimum Gasteiger partial charge on any atom is -0.344 e. The van der Waals surface area contributed by atoms with Gasteiger partial charge >= 0.3 is 11.8 Å². The molecule has 18 heavy (non-hydrogen) atoms. The number of halogens is 1. The zero-order chi connectivity index (χ0) is 13.0. The highest BCUT2D eigenvalue weighted by atomic mass is 19.1. The van der Waals surface area contributed by atoms with E-state index in [1.54, 1.807) is 17.0 Å². The van der Waals surface area contributed by atoms with Gasteiger partial charge < -0.3 is 10.2 Å². The molecule has 2 rings (SSSR count). The topological polar surface area (TPSA) is 49.4 Å². The fraction of sp³-hybridized carbons (Fsp3) is 0.385. The van der Waals surface area contributed by atoms with Crippen LogP contribution >= 0.6 is 0 Å². The Labute approximate surface area is 105 Å². The molecule has 96 valence electrons. The smallest absolute Gasteiger partial charge is 0.311 e. The fourth-order valence-corrected chi connectivity index (χ4v) is 1.92. The van der Waals surface area contributed by atoms with Gasteiger partial charge in [0.05, 0.1) is 0 Å². The standard InChI is InChI=1S/C13H15FN2O2/c14-11-5-3-10(4-6-11)9-15-12(17)13(18)16-7-1-2-8-16/h3-6H,1-2,7-9H2,(H,15,17). The SMILES string of the molecule is O=C(NCc1ccc(F)cc1)C(=O)N1CCCC1. The van der Waals surface area contributed by atoms with Crippen molar-refractivity contribution in [2.45, 2.75) is 19.4 Å². The van der Waals surface area contributed by atoms with Crippen LogP contribution in [0.25, 0.3) is 0 Å². The third kappa shape index (κ3) is 3.06. The molecule has 1 heterocycles. The molecule has 1 aromatic carbocycles. The Morgan fingerprint density at radius 2 is 1.78 bits per heavy atom. The third-order valence-electron chi connectivity index (χ3n) is 2.95.